The van der Waals surface area contributed by atoms with E-state index in [1.54, 1.807) is 11.3 Å². The summed E-state index contributed by atoms with van der Waals surface area (Å²) in [4.78, 5) is 4.27. The molecule has 0 unspecified atom stereocenters. The molecule has 0 spiro atoms. The highest BCUT2D eigenvalue weighted by atomic mass is 32.1. The van der Waals surface area contributed by atoms with Crippen LogP contribution in [-0.2, 0) is 6.54 Å². The summed E-state index contributed by atoms with van der Waals surface area (Å²) in [6.07, 6.45) is 1.87. The van der Waals surface area contributed by atoms with Gasteiger partial charge in [0.1, 0.15) is 5.01 Å². The lowest BCUT2D eigenvalue weighted by Crippen LogP contribution is -2.21. The standard InChI is InChI=1S/C11H18N2S/c1-10(2)9(11(10,3)4)13-7-8-12-5-6-14-8/h5-6,9,13H,7H2,1-4H3. The van der Waals surface area contributed by atoms with Gasteiger partial charge in [-0.2, -0.15) is 0 Å². The Morgan fingerprint density at radius 1 is 1.36 bits per heavy atom. The molecule has 3 heteroatoms. The number of nitrogens with zero attached hydrogens (tertiary/aromatic N) is 1. The number of thiazole rings is 1. The first kappa shape index (κ1) is 10.1. The predicted octanol–water partition coefficient (Wildman–Crippen LogP) is 2.67. The van der Waals surface area contributed by atoms with Crippen LogP contribution in [0.25, 0.3) is 0 Å². The Hall–Kier alpha value is -0.410. The molecule has 0 bridgehead atoms. The number of nitrogens with one attached hydrogen (secondary N) is 1. The molecule has 0 aromatic carbocycles. The Labute approximate surface area is 89.8 Å². The second kappa shape index (κ2) is 3.04. The van der Waals surface area contributed by atoms with Crippen molar-refractivity contribution in [2.75, 3.05) is 0 Å². The summed E-state index contributed by atoms with van der Waals surface area (Å²) in [6.45, 7) is 10.2. The molecular weight excluding hydrogens is 192 g/mol. The van der Waals surface area contributed by atoms with Crippen LogP contribution in [-0.4, -0.2) is 11.0 Å². The lowest BCUT2D eigenvalue weighted by Gasteiger charge is -2.03. The number of aromatic nitrogens is 1. The van der Waals surface area contributed by atoms with Gasteiger partial charge in [-0.05, 0) is 10.8 Å². The third kappa shape index (κ3) is 1.39. The third-order valence-corrected chi connectivity index (χ3v) is 4.74. The van der Waals surface area contributed by atoms with E-state index < -0.39 is 0 Å². The van der Waals surface area contributed by atoms with Crippen LogP contribution >= 0.6 is 11.3 Å². The summed E-state index contributed by atoms with van der Waals surface area (Å²) >= 11 is 1.72. The second-order valence-corrected chi connectivity index (χ2v) is 6.16. The van der Waals surface area contributed by atoms with Crippen LogP contribution in [0.15, 0.2) is 11.6 Å². The first-order valence-corrected chi connectivity index (χ1v) is 5.96. The highest BCUT2D eigenvalue weighted by Gasteiger charge is 2.64. The molecule has 0 amide bonds. The first-order chi connectivity index (χ1) is 6.46. The topological polar surface area (TPSA) is 24.9 Å². The van der Waals surface area contributed by atoms with Gasteiger partial charge >= 0.3 is 0 Å². The number of hydrogen-bond acceptors (Lipinski definition) is 3. The van der Waals surface area contributed by atoms with Gasteiger partial charge in [-0.1, -0.05) is 27.7 Å². The van der Waals surface area contributed by atoms with Crippen LogP contribution < -0.4 is 5.32 Å². The van der Waals surface area contributed by atoms with Gasteiger partial charge in [-0.25, -0.2) is 4.98 Å². The smallest absolute Gasteiger partial charge is 0.106 e. The van der Waals surface area contributed by atoms with E-state index in [4.69, 9.17) is 0 Å². The Bertz CT molecular complexity index is 300. The fraction of sp³-hybridized carbons (Fsp3) is 0.727. The minimum atomic E-state index is 0.421. The average Bonchev–Trinajstić information content (AvgIpc) is 2.54. The monoisotopic (exact) mass is 210 g/mol. The quantitative estimate of drug-likeness (QED) is 0.829. The summed E-state index contributed by atoms with van der Waals surface area (Å²) < 4.78 is 0. The van der Waals surface area contributed by atoms with E-state index in [0.717, 1.165) is 6.54 Å². The number of hydrogen-bond donors (Lipinski definition) is 1. The zero-order valence-electron chi connectivity index (χ0n) is 9.29. The van der Waals surface area contributed by atoms with Crippen molar-refractivity contribution in [3.8, 4) is 0 Å². The molecule has 2 rings (SSSR count). The maximum absolute atomic E-state index is 4.27. The maximum Gasteiger partial charge on any atom is 0.106 e. The molecule has 14 heavy (non-hydrogen) atoms. The molecule has 1 N–H and O–H groups in total. The minimum absolute atomic E-state index is 0.421. The van der Waals surface area contributed by atoms with E-state index in [1.807, 2.05) is 11.6 Å². The normalized spacial score (nSPS) is 23.7. The van der Waals surface area contributed by atoms with E-state index >= 15 is 0 Å². The van der Waals surface area contributed by atoms with Crippen molar-refractivity contribution in [3.05, 3.63) is 16.6 Å². The molecule has 2 nitrogen and oxygen atoms in total. The molecule has 0 saturated heterocycles. The molecule has 78 valence electrons. The van der Waals surface area contributed by atoms with Crippen molar-refractivity contribution < 1.29 is 0 Å². The Morgan fingerprint density at radius 3 is 2.43 bits per heavy atom. The van der Waals surface area contributed by atoms with Gasteiger partial charge in [0.15, 0.2) is 0 Å². The minimum Gasteiger partial charge on any atom is -0.307 e. The molecular formula is C11H18N2S. The van der Waals surface area contributed by atoms with E-state index in [9.17, 15) is 0 Å². The van der Waals surface area contributed by atoms with Crippen molar-refractivity contribution in [1.29, 1.82) is 0 Å². The molecule has 1 aliphatic rings. The summed E-state index contributed by atoms with van der Waals surface area (Å²) in [5.74, 6) is 0. The Morgan fingerprint density at radius 2 is 2.00 bits per heavy atom. The molecule has 1 fully saturated rings. The molecule has 1 aromatic heterocycles. The van der Waals surface area contributed by atoms with Crippen molar-refractivity contribution >= 4 is 11.3 Å². The summed E-state index contributed by atoms with van der Waals surface area (Å²) in [5, 5.41) is 6.80. The third-order valence-electron chi connectivity index (χ3n) is 3.96. The second-order valence-electron chi connectivity index (χ2n) is 5.18. The van der Waals surface area contributed by atoms with Crippen LogP contribution in [0.5, 0.6) is 0 Å². The van der Waals surface area contributed by atoms with Crippen LogP contribution in [0, 0.1) is 10.8 Å². The first-order valence-electron chi connectivity index (χ1n) is 5.08. The molecule has 0 radical (unpaired) electrons. The van der Waals surface area contributed by atoms with Gasteiger partial charge in [0.25, 0.3) is 0 Å². The van der Waals surface area contributed by atoms with Gasteiger partial charge in [-0.15, -0.1) is 11.3 Å². The van der Waals surface area contributed by atoms with Crippen molar-refractivity contribution in [1.82, 2.24) is 10.3 Å². The average molecular weight is 210 g/mol. The molecule has 1 saturated carbocycles. The largest absolute Gasteiger partial charge is 0.307 e. The molecule has 1 heterocycles. The summed E-state index contributed by atoms with van der Waals surface area (Å²) in [5.41, 5.74) is 0.842. The van der Waals surface area contributed by atoms with E-state index in [2.05, 4.69) is 38.0 Å². The zero-order valence-corrected chi connectivity index (χ0v) is 10.1. The van der Waals surface area contributed by atoms with Gasteiger partial charge in [0.05, 0.1) is 0 Å². The van der Waals surface area contributed by atoms with Gasteiger partial charge in [0.2, 0.25) is 0 Å². The lowest BCUT2D eigenvalue weighted by molar-refractivity contribution is 0.457. The zero-order chi connectivity index (χ0) is 10.4. The highest BCUT2D eigenvalue weighted by molar-refractivity contribution is 7.09. The lowest BCUT2D eigenvalue weighted by atomic mass is 10.0. The van der Waals surface area contributed by atoms with Crippen molar-refractivity contribution in [2.45, 2.75) is 40.3 Å². The molecule has 1 aromatic rings. The molecule has 1 aliphatic carbocycles. The van der Waals surface area contributed by atoms with Crippen LogP contribution in [0.2, 0.25) is 0 Å². The fourth-order valence-electron chi connectivity index (χ4n) is 2.24. The SMILES string of the molecule is CC1(C)C(NCc2nccs2)C1(C)C. The fourth-order valence-corrected chi connectivity index (χ4v) is 2.80. The Balaban J connectivity index is 1.90. The molecule has 0 aliphatic heterocycles. The molecule has 0 atom stereocenters. The summed E-state index contributed by atoms with van der Waals surface area (Å²) in [6, 6.07) is 0.624. The van der Waals surface area contributed by atoms with Crippen LogP contribution in [0.1, 0.15) is 32.7 Å². The predicted molar refractivity (Wildman–Crippen MR) is 60.3 cm³/mol. The van der Waals surface area contributed by atoms with Gasteiger partial charge in [0, 0.05) is 24.2 Å². The van der Waals surface area contributed by atoms with Gasteiger partial charge < -0.3 is 5.32 Å². The summed E-state index contributed by atoms with van der Waals surface area (Å²) in [7, 11) is 0. The highest BCUT2D eigenvalue weighted by Crippen LogP contribution is 2.62. The Kier molecular flexibility index (Phi) is 2.20. The van der Waals surface area contributed by atoms with E-state index in [1.165, 1.54) is 5.01 Å². The van der Waals surface area contributed by atoms with Crippen molar-refractivity contribution in [2.24, 2.45) is 10.8 Å². The maximum atomic E-state index is 4.27. The van der Waals surface area contributed by atoms with E-state index in [0.29, 0.717) is 16.9 Å². The number of rotatable bonds is 3. The van der Waals surface area contributed by atoms with Crippen LogP contribution in [0.3, 0.4) is 0 Å². The van der Waals surface area contributed by atoms with Crippen LogP contribution in [0.4, 0.5) is 0 Å². The van der Waals surface area contributed by atoms with Gasteiger partial charge in [-0.3, -0.25) is 0 Å². The van der Waals surface area contributed by atoms with Crippen molar-refractivity contribution in [3.63, 3.8) is 0 Å². The van der Waals surface area contributed by atoms with E-state index in [-0.39, 0.29) is 0 Å².